The SMILES string of the molecule is COc1ccc([C@H]2C[N]CCO2)cc1. The van der Waals surface area contributed by atoms with E-state index in [1.165, 1.54) is 5.56 Å². The van der Waals surface area contributed by atoms with Crippen LogP contribution in [0.4, 0.5) is 0 Å². The second kappa shape index (κ2) is 4.44. The van der Waals surface area contributed by atoms with Gasteiger partial charge in [0.1, 0.15) is 5.75 Å². The average molecular weight is 192 g/mol. The number of hydrogen-bond donors (Lipinski definition) is 0. The Morgan fingerprint density at radius 2 is 2.14 bits per heavy atom. The normalized spacial score (nSPS) is 21.9. The van der Waals surface area contributed by atoms with Gasteiger partial charge in [0.15, 0.2) is 0 Å². The molecule has 0 saturated carbocycles. The maximum absolute atomic E-state index is 5.60. The summed E-state index contributed by atoms with van der Waals surface area (Å²) in [6.45, 7) is 2.33. The summed E-state index contributed by atoms with van der Waals surface area (Å²) in [5.41, 5.74) is 1.18. The van der Waals surface area contributed by atoms with Crippen LogP contribution >= 0.6 is 0 Å². The fourth-order valence-electron chi connectivity index (χ4n) is 1.54. The molecule has 1 heterocycles. The lowest BCUT2D eigenvalue weighted by molar-refractivity contribution is 0.0260. The van der Waals surface area contributed by atoms with Gasteiger partial charge in [-0.05, 0) is 17.7 Å². The molecule has 0 bridgehead atoms. The van der Waals surface area contributed by atoms with Crippen molar-refractivity contribution in [3.8, 4) is 5.75 Å². The molecule has 0 aliphatic carbocycles. The minimum atomic E-state index is 0.134. The van der Waals surface area contributed by atoms with Crippen LogP contribution in [0.5, 0.6) is 5.75 Å². The quantitative estimate of drug-likeness (QED) is 0.709. The standard InChI is InChI=1S/C11H14NO2/c1-13-10-4-2-9(3-5-10)11-8-12-6-7-14-11/h2-5,11H,6-8H2,1H3/t11-/m1/s1. The van der Waals surface area contributed by atoms with Gasteiger partial charge in [-0.2, -0.15) is 0 Å². The van der Waals surface area contributed by atoms with Crippen molar-refractivity contribution in [2.24, 2.45) is 0 Å². The molecule has 0 aromatic heterocycles. The molecule has 1 aliphatic heterocycles. The third-order valence-electron chi connectivity index (χ3n) is 2.35. The van der Waals surface area contributed by atoms with Crippen LogP contribution < -0.4 is 10.1 Å². The van der Waals surface area contributed by atoms with E-state index in [2.05, 4.69) is 5.32 Å². The van der Waals surface area contributed by atoms with Crippen molar-refractivity contribution in [3.63, 3.8) is 0 Å². The highest BCUT2D eigenvalue weighted by Gasteiger charge is 2.15. The molecule has 3 heteroatoms. The maximum Gasteiger partial charge on any atom is 0.118 e. The van der Waals surface area contributed by atoms with E-state index >= 15 is 0 Å². The molecule has 0 amide bonds. The lowest BCUT2D eigenvalue weighted by Gasteiger charge is -2.22. The summed E-state index contributed by atoms with van der Waals surface area (Å²) in [7, 11) is 1.67. The zero-order chi connectivity index (χ0) is 9.80. The van der Waals surface area contributed by atoms with Crippen LogP contribution in [0.15, 0.2) is 24.3 Å². The smallest absolute Gasteiger partial charge is 0.118 e. The van der Waals surface area contributed by atoms with Gasteiger partial charge in [0.25, 0.3) is 0 Å². The Labute approximate surface area is 84.0 Å². The van der Waals surface area contributed by atoms with Crippen LogP contribution in [0.3, 0.4) is 0 Å². The van der Waals surface area contributed by atoms with Crippen LogP contribution in [-0.4, -0.2) is 26.8 Å². The molecule has 3 nitrogen and oxygen atoms in total. The van der Waals surface area contributed by atoms with E-state index in [1.807, 2.05) is 24.3 Å². The van der Waals surface area contributed by atoms with Crippen LogP contribution in [0.1, 0.15) is 11.7 Å². The summed E-state index contributed by atoms with van der Waals surface area (Å²) in [6.07, 6.45) is 0.134. The summed E-state index contributed by atoms with van der Waals surface area (Å²) in [5, 5.41) is 4.32. The summed E-state index contributed by atoms with van der Waals surface area (Å²) in [4.78, 5) is 0. The van der Waals surface area contributed by atoms with Gasteiger partial charge in [-0.15, -0.1) is 0 Å². The second-order valence-corrected chi connectivity index (χ2v) is 3.26. The van der Waals surface area contributed by atoms with Crippen molar-refractivity contribution < 1.29 is 9.47 Å². The van der Waals surface area contributed by atoms with Crippen molar-refractivity contribution in [3.05, 3.63) is 29.8 Å². The molecular weight excluding hydrogens is 178 g/mol. The fraction of sp³-hybridized carbons (Fsp3) is 0.455. The first kappa shape index (κ1) is 9.49. The molecule has 1 aromatic rings. The highest BCUT2D eigenvalue weighted by Crippen LogP contribution is 2.21. The summed E-state index contributed by atoms with van der Waals surface area (Å²) in [6, 6.07) is 7.97. The van der Waals surface area contributed by atoms with E-state index in [4.69, 9.17) is 9.47 Å². The van der Waals surface area contributed by atoms with Gasteiger partial charge < -0.3 is 9.47 Å². The highest BCUT2D eigenvalue weighted by molar-refractivity contribution is 5.28. The Hall–Kier alpha value is -1.06. The van der Waals surface area contributed by atoms with Crippen molar-refractivity contribution in [1.82, 2.24) is 5.32 Å². The van der Waals surface area contributed by atoms with E-state index in [0.717, 1.165) is 25.4 Å². The van der Waals surface area contributed by atoms with Gasteiger partial charge in [0.05, 0.1) is 19.8 Å². The molecule has 0 spiro atoms. The largest absolute Gasteiger partial charge is 0.497 e. The molecule has 1 atom stereocenters. The summed E-state index contributed by atoms with van der Waals surface area (Å²) < 4.78 is 10.7. The second-order valence-electron chi connectivity index (χ2n) is 3.26. The number of ether oxygens (including phenoxy) is 2. The van der Waals surface area contributed by atoms with Crippen molar-refractivity contribution in [2.45, 2.75) is 6.10 Å². The van der Waals surface area contributed by atoms with Crippen molar-refractivity contribution >= 4 is 0 Å². The van der Waals surface area contributed by atoms with Crippen molar-refractivity contribution in [1.29, 1.82) is 0 Å². The van der Waals surface area contributed by atoms with Gasteiger partial charge in [-0.1, -0.05) is 12.1 Å². The molecular formula is C11H14NO2. The zero-order valence-corrected chi connectivity index (χ0v) is 8.27. The van der Waals surface area contributed by atoms with Gasteiger partial charge in [-0.3, -0.25) is 0 Å². The van der Waals surface area contributed by atoms with E-state index < -0.39 is 0 Å². The summed E-state index contributed by atoms with van der Waals surface area (Å²) >= 11 is 0. The summed E-state index contributed by atoms with van der Waals surface area (Å²) in [5.74, 6) is 0.876. The zero-order valence-electron chi connectivity index (χ0n) is 8.27. The molecule has 1 aliphatic rings. The highest BCUT2D eigenvalue weighted by atomic mass is 16.5. The number of nitrogens with zero attached hydrogens (tertiary/aromatic N) is 1. The minimum absolute atomic E-state index is 0.134. The van der Waals surface area contributed by atoms with Crippen LogP contribution in [-0.2, 0) is 4.74 Å². The maximum atomic E-state index is 5.60. The van der Waals surface area contributed by atoms with Gasteiger partial charge in [0.2, 0.25) is 0 Å². The molecule has 75 valence electrons. The number of methoxy groups -OCH3 is 1. The van der Waals surface area contributed by atoms with E-state index in [0.29, 0.717) is 0 Å². The number of rotatable bonds is 2. The van der Waals surface area contributed by atoms with E-state index in [9.17, 15) is 0 Å². The molecule has 1 aromatic carbocycles. The number of morpholine rings is 1. The Morgan fingerprint density at radius 3 is 2.71 bits per heavy atom. The van der Waals surface area contributed by atoms with Crippen molar-refractivity contribution in [2.75, 3.05) is 26.8 Å². The molecule has 2 rings (SSSR count). The van der Waals surface area contributed by atoms with Gasteiger partial charge >= 0.3 is 0 Å². The predicted molar refractivity (Wildman–Crippen MR) is 53.6 cm³/mol. The Bertz CT molecular complexity index is 278. The van der Waals surface area contributed by atoms with E-state index in [-0.39, 0.29) is 6.10 Å². The molecule has 14 heavy (non-hydrogen) atoms. The Kier molecular flexibility index (Phi) is 3.01. The average Bonchev–Trinajstić information content (AvgIpc) is 2.30. The molecule has 1 saturated heterocycles. The predicted octanol–water partition coefficient (Wildman–Crippen LogP) is 1.37. The number of hydrogen-bond acceptors (Lipinski definition) is 2. The number of benzene rings is 1. The Morgan fingerprint density at radius 1 is 1.36 bits per heavy atom. The monoisotopic (exact) mass is 192 g/mol. The van der Waals surface area contributed by atoms with E-state index in [1.54, 1.807) is 7.11 Å². The van der Waals surface area contributed by atoms with Crippen LogP contribution in [0, 0.1) is 0 Å². The first-order chi connectivity index (χ1) is 6.90. The first-order valence-electron chi connectivity index (χ1n) is 4.79. The van der Waals surface area contributed by atoms with Gasteiger partial charge in [-0.25, -0.2) is 5.32 Å². The minimum Gasteiger partial charge on any atom is -0.497 e. The fourth-order valence-corrected chi connectivity index (χ4v) is 1.54. The first-order valence-corrected chi connectivity index (χ1v) is 4.79. The Balaban J connectivity index is 2.07. The molecule has 1 radical (unpaired) electrons. The molecule has 1 fully saturated rings. The van der Waals surface area contributed by atoms with Gasteiger partial charge in [0, 0.05) is 13.1 Å². The molecule has 0 unspecified atom stereocenters. The van der Waals surface area contributed by atoms with Crippen LogP contribution in [0.25, 0.3) is 0 Å². The third-order valence-corrected chi connectivity index (χ3v) is 2.35. The molecule has 0 N–H and O–H groups in total. The topological polar surface area (TPSA) is 32.6 Å². The third kappa shape index (κ3) is 2.05. The lowest BCUT2D eigenvalue weighted by atomic mass is 10.1. The lowest BCUT2D eigenvalue weighted by Crippen LogP contribution is -2.28. The van der Waals surface area contributed by atoms with Crippen LogP contribution in [0.2, 0.25) is 0 Å².